The van der Waals surface area contributed by atoms with Gasteiger partial charge in [0.25, 0.3) is 5.91 Å². The second-order valence-electron chi connectivity index (χ2n) is 6.01. The fourth-order valence-corrected chi connectivity index (χ4v) is 4.50. The molecule has 0 radical (unpaired) electrons. The first kappa shape index (κ1) is 19.5. The van der Waals surface area contributed by atoms with Crippen LogP contribution in [-0.4, -0.2) is 54.8 Å². The number of rotatable bonds is 7. The van der Waals surface area contributed by atoms with Crippen molar-refractivity contribution < 1.29 is 13.2 Å². The van der Waals surface area contributed by atoms with Crippen molar-refractivity contribution in [2.75, 3.05) is 31.5 Å². The normalized spacial score (nSPS) is 14.9. The summed E-state index contributed by atoms with van der Waals surface area (Å²) in [6, 6.07) is 5.91. The maximum Gasteiger partial charge on any atom is 0.252 e. The zero-order valence-corrected chi connectivity index (χ0v) is 16.1. The van der Waals surface area contributed by atoms with Gasteiger partial charge in [0.05, 0.1) is 15.5 Å². The van der Waals surface area contributed by atoms with E-state index in [4.69, 9.17) is 11.6 Å². The predicted molar refractivity (Wildman–Crippen MR) is 102 cm³/mol. The Hall–Kier alpha value is -2.23. The molecule has 1 fully saturated rings. The molecule has 0 saturated carbocycles. The SMILES string of the molecule is O=C(NCCNc1ncccn1)c1cc(S(=O)(=O)N2CCCC2)ccc1Cl. The van der Waals surface area contributed by atoms with Crippen LogP contribution in [0, 0.1) is 0 Å². The lowest BCUT2D eigenvalue weighted by atomic mass is 10.2. The first-order valence-electron chi connectivity index (χ1n) is 8.57. The molecular formula is C17H20ClN5O3S. The number of halogens is 1. The van der Waals surface area contributed by atoms with E-state index in [1.165, 1.54) is 22.5 Å². The Kier molecular flexibility index (Phi) is 6.25. The van der Waals surface area contributed by atoms with Crippen molar-refractivity contribution in [3.05, 3.63) is 47.2 Å². The Bertz CT molecular complexity index is 902. The fourth-order valence-electron chi connectivity index (χ4n) is 2.75. The Morgan fingerprint density at radius 3 is 2.56 bits per heavy atom. The van der Waals surface area contributed by atoms with E-state index in [-0.39, 0.29) is 15.5 Å². The number of anilines is 1. The third-order valence-corrected chi connectivity index (χ3v) is 6.37. The van der Waals surface area contributed by atoms with Crippen molar-refractivity contribution >= 4 is 33.5 Å². The first-order chi connectivity index (χ1) is 13.0. The third kappa shape index (κ3) is 4.74. The molecule has 1 saturated heterocycles. The van der Waals surface area contributed by atoms with Crippen LogP contribution in [0.25, 0.3) is 0 Å². The third-order valence-electron chi connectivity index (χ3n) is 4.14. The number of hydrogen-bond donors (Lipinski definition) is 2. The molecule has 2 N–H and O–H groups in total. The highest BCUT2D eigenvalue weighted by molar-refractivity contribution is 7.89. The lowest BCUT2D eigenvalue weighted by molar-refractivity contribution is 0.0955. The molecule has 1 aliphatic heterocycles. The van der Waals surface area contributed by atoms with Gasteiger partial charge in [-0.25, -0.2) is 18.4 Å². The summed E-state index contributed by atoms with van der Waals surface area (Å²) in [5.41, 5.74) is 0.132. The van der Waals surface area contributed by atoms with Crippen molar-refractivity contribution in [2.24, 2.45) is 0 Å². The second kappa shape index (κ2) is 8.64. The van der Waals surface area contributed by atoms with Gasteiger partial charge in [0, 0.05) is 38.6 Å². The molecule has 8 nitrogen and oxygen atoms in total. The summed E-state index contributed by atoms with van der Waals surface area (Å²) >= 11 is 6.10. The number of amides is 1. The summed E-state index contributed by atoms with van der Waals surface area (Å²) in [5.74, 6) is 0.0257. The van der Waals surface area contributed by atoms with Crippen LogP contribution in [0.4, 0.5) is 5.95 Å². The van der Waals surface area contributed by atoms with Gasteiger partial charge in [-0.05, 0) is 37.1 Å². The highest BCUT2D eigenvalue weighted by Crippen LogP contribution is 2.25. The van der Waals surface area contributed by atoms with E-state index in [2.05, 4.69) is 20.6 Å². The predicted octanol–water partition coefficient (Wildman–Crippen LogP) is 1.76. The van der Waals surface area contributed by atoms with Crippen LogP contribution in [0.15, 0.2) is 41.6 Å². The molecule has 3 rings (SSSR count). The van der Waals surface area contributed by atoms with E-state index in [0.29, 0.717) is 32.1 Å². The van der Waals surface area contributed by atoms with Crippen LogP contribution in [0.2, 0.25) is 5.02 Å². The van der Waals surface area contributed by atoms with Crippen molar-refractivity contribution in [1.29, 1.82) is 0 Å². The van der Waals surface area contributed by atoms with Gasteiger partial charge in [0.1, 0.15) is 0 Å². The van der Waals surface area contributed by atoms with Crippen LogP contribution >= 0.6 is 11.6 Å². The zero-order chi connectivity index (χ0) is 19.3. The molecule has 144 valence electrons. The van der Waals surface area contributed by atoms with Crippen molar-refractivity contribution in [2.45, 2.75) is 17.7 Å². The van der Waals surface area contributed by atoms with Crippen LogP contribution in [0.1, 0.15) is 23.2 Å². The lowest BCUT2D eigenvalue weighted by Gasteiger charge is -2.16. The Balaban J connectivity index is 1.64. The van der Waals surface area contributed by atoms with Crippen molar-refractivity contribution in [1.82, 2.24) is 19.6 Å². The van der Waals surface area contributed by atoms with Gasteiger partial charge in [-0.15, -0.1) is 0 Å². The van der Waals surface area contributed by atoms with Gasteiger partial charge >= 0.3 is 0 Å². The maximum absolute atomic E-state index is 12.7. The first-order valence-corrected chi connectivity index (χ1v) is 10.4. The van der Waals surface area contributed by atoms with Crippen LogP contribution in [0.5, 0.6) is 0 Å². The molecule has 0 bridgehead atoms. The van der Waals surface area contributed by atoms with Crippen molar-refractivity contribution in [3.63, 3.8) is 0 Å². The largest absolute Gasteiger partial charge is 0.352 e. The molecule has 2 heterocycles. The maximum atomic E-state index is 12.7. The van der Waals surface area contributed by atoms with Gasteiger partial charge in [-0.2, -0.15) is 4.31 Å². The molecule has 1 aromatic heterocycles. The molecule has 27 heavy (non-hydrogen) atoms. The molecule has 0 unspecified atom stereocenters. The number of sulfonamides is 1. The highest BCUT2D eigenvalue weighted by atomic mass is 35.5. The lowest BCUT2D eigenvalue weighted by Crippen LogP contribution is -2.30. The minimum atomic E-state index is -3.61. The summed E-state index contributed by atoms with van der Waals surface area (Å²) in [7, 11) is -3.61. The molecule has 1 aromatic carbocycles. The molecule has 1 aliphatic rings. The van der Waals surface area contributed by atoms with Crippen LogP contribution < -0.4 is 10.6 Å². The van der Waals surface area contributed by atoms with Gasteiger partial charge in [0.15, 0.2) is 0 Å². The smallest absolute Gasteiger partial charge is 0.252 e. The average Bonchev–Trinajstić information content (AvgIpc) is 3.22. The molecular weight excluding hydrogens is 390 g/mol. The van der Waals surface area contributed by atoms with Gasteiger partial charge in [-0.1, -0.05) is 11.6 Å². The summed E-state index contributed by atoms with van der Waals surface area (Å²) in [5, 5.41) is 5.88. The van der Waals surface area contributed by atoms with Gasteiger partial charge in [-0.3, -0.25) is 4.79 Å². The topological polar surface area (TPSA) is 104 Å². The van der Waals surface area contributed by atoms with Gasteiger partial charge in [0.2, 0.25) is 16.0 Å². The summed E-state index contributed by atoms with van der Waals surface area (Å²) < 4.78 is 26.8. The minimum absolute atomic E-state index is 0.0785. The number of carbonyl (C=O) groups is 1. The molecule has 10 heteroatoms. The monoisotopic (exact) mass is 409 g/mol. The number of hydrogen-bond acceptors (Lipinski definition) is 6. The number of carbonyl (C=O) groups excluding carboxylic acids is 1. The summed E-state index contributed by atoms with van der Waals surface area (Å²) in [6.07, 6.45) is 4.91. The average molecular weight is 410 g/mol. The number of benzene rings is 1. The molecule has 0 spiro atoms. The van der Waals surface area contributed by atoms with Crippen LogP contribution in [-0.2, 0) is 10.0 Å². The Morgan fingerprint density at radius 2 is 1.85 bits per heavy atom. The second-order valence-corrected chi connectivity index (χ2v) is 8.35. The van der Waals surface area contributed by atoms with E-state index in [1.54, 1.807) is 18.5 Å². The summed E-state index contributed by atoms with van der Waals surface area (Å²) in [4.78, 5) is 20.5. The van der Waals surface area contributed by atoms with Crippen LogP contribution in [0.3, 0.4) is 0 Å². The van der Waals surface area contributed by atoms with E-state index < -0.39 is 15.9 Å². The highest BCUT2D eigenvalue weighted by Gasteiger charge is 2.28. The number of nitrogens with one attached hydrogen (secondary N) is 2. The quantitative estimate of drug-likeness (QED) is 0.675. The minimum Gasteiger partial charge on any atom is -0.352 e. The Morgan fingerprint density at radius 1 is 1.15 bits per heavy atom. The molecule has 0 atom stereocenters. The molecule has 2 aromatic rings. The standard InChI is InChI=1S/C17H20ClN5O3S/c18-15-5-4-13(27(25,26)23-10-1-2-11-23)12-14(15)16(24)19-8-9-22-17-20-6-3-7-21-17/h3-7,12H,1-2,8-11H2,(H,19,24)(H,20,21,22). The Labute approximate surface area is 163 Å². The molecule has 0 aliphatic carbocycles. The fraction of sp³-hybridized carbons (Fsp3) is 0.353. The number of nitrogens with zero attached hydrogens (tertiary/aromatic N) is 3. The van der Waals surface area contributed by atoms with E-state index in [9.17, 15) is 13.2 Å². The number of aromatic nitrogens is 2. The van der Waals surface area contributed by atoms with Gasteiger partial charge < -0.3 is 10.6 Å². The summed E-state index contributed by atoms with van der Waals surface area (Å²) in [6.45, 7) is 1.72. The van der Waals surface area contributed by atoms with Crippen molar-refractivity contribution in [3.8, 4) is 0 Å². The van der Waals surface area contributed by atoms with E-state index in [1.807, 2.05) is 0 Å². The zero-order valence-electron chi connectivity index (χ0n) is 14.6. The van der Waals surface area contributed by atoms with E-state index >= 15 is 0 Å². The molecule has 1 amide bonds. The van der Waals surface area contributed by atoms with E-state index in [0.717, 1.165) is 12.8 Å².